The zero-order valence-corrected chi connectivity index (χ0v) is 13.2. The van der Waals surface area contributed by atoms with Crippen molar-refractivity contribution < 1.29 is 23.0 Å². The second kappa shape index (κ2) is 6.53. The van der Waals surface area contributed by atoms with E-state index in [1.165, 1.54) is 12.1 Å². The normalized spacial score (nSPS) is 24.5. The summed E-state index contributed by atoms with van der Waals surface area (Å²) in [5.74, 6) is -1.41. The predicted molar refractivity (Wildman–Crippen MR) is 80.1 cm³/mol. The predicted octanol–water partition coefficient (Wildman–Crippen LogP) is 2.26. The van der Waals surface area contributed by atoms with Crippen molar-refractivity contribution >= 4 is 5.91 Å². The van der Waals surface area contributed by atoms with Crippen LogP contribution in [-0.4, -0.2) is 49.8 Å². The van der Waals surface area contributed by atoms with Crippen molar-refractivity contribution in [1.82, 2.24) is 4.90 Å². The van der Waals surface area contributed by atoms with E-state index in [9.17, 15) is 13.6 Å². The second-order valence-electron chi connectivity index (χ2n) is 6.25. The molecule has 126 valence electrons. The van der Waals surface area contributed by atoms with Crippen LogP contribution in [0.2, 0.25) is 0 Å². The summed E-state index contributed by atoms with van der Waals surface area (Å²) < 4.78 is 38.5. The Morgan fingerprint density at radius 2 is 2.00 bits per heavy atom. The number of amides is 1. The third-order valence-electron chi connectivity index (χ3n) is 4.73. The Bertz CT molecular complexity index is 587. The van der Waals surface area contributed by atoms with E-state index < -0.39 is 17.0 Å². The molecule has 0 unspecified atom stereocenters. The van der Waals surface area contributed by atoms with Crippen molar-refractivity contribution in [2.24, 2.45) is 0 Å². The van der Waals surface area contributed by atoms with Crippen molar-refractivity contribution in [1.29, 1.82) is 0 Å². The molecule has 1 aromatic rings. The Hall–Kier alpha value is -1.53. The number of hydrogen-bond donors (Lipinski definition) is 0. The summed E-state index contributed by atoms with van der Waals surface area (Å²) >= 11 is 0. The summed E-state index contributed by atoms with van der Waals surface area (Å²) in [5, 5.41) is 0. The molecule has 0 N–H and O–H groups in total. The van der Waals surface area contributed by atoms with Crippen molar-refractivity contribution in [3.8, 4) is 0 Å². The third-order valence-corrected chi connectivity index (χ3v) is 4.73. The Morgan fingerprint density at radius 3 is 2.65 bits per heavy atom. The van der Waals surface area contributed by atoms with Crippen LogP contribution in [0.3, 0.4) is 0 Å². The Balaban J connectivity index is 1.97. The van der Waals surface area contributed by atoms with Crippen molar-refractivity contribution in [2.75, 3.05) is 32.9 Å². The van der Waals surface area contributed by atoms with Crippen LogP contribution in [0.5, 0.6) is 0 Å². The molecule has 4 nitrogen and oxygen atoms in total. The zero-order valence-electron chi connectivity index (χ0n) is 13.2. The zero-order chi connectivity index (χ0) is 16.4. The molecule has 0 bridgehead atoms. The SMILES string of the molecule is C[C@@H]1CN(C(=O)C2(c3ccc(F)cc3F)CCOCC2)CCO1. The number of nitrogens with zero attached hydrogens (tertiary/aromatic N) is 1. The maximum Gasteiger partial charge on any atom is 0.233 e. The molecule has 2 aliphatic rings. The summed E-state index contributed by atoms with van der Waals surface area (Å²) in [5.41, 5.74) is -0.709. The molecule has 23 heavy (non-hydrogen) atoms. The van der Waals surface area contributed by atoms with Gasteiger partial charge < -0.3 is 14.4 Å². The molecule has 6 heteroatoms. The van der Waals surface area contributed by atoms with Gasteiger partial charge in [0.1, 0.15) is 11.6 Å². The largest absolute Gasteiger partial charge is 0.381 e. The van der Waals surface area contributed by atoms with Gasteiger partial charge in [0, 0.05) is 37.9 Å². The third kappa shape index (κ3) is 3.10. The van der Waals surface area contributed by atoms with Crippen LogP contribution in [0, 0.1) is 11.6 Å². The van der Waals surface area contributed by atoms with Crippen molar-refractivity contribution in [3.63, 3.8) is 0 Å². The first-order chi connectivity index (χ1) is 11.0. The molecule has 0 aromatic heterocycles. The first-order valence-corrected chi connectivity index (χ1v) is 7.97. The molecule has 3 rings (SSSR count). The van der Waals surface area contributed by atoms with Gasteiger partial charge in [-0.3, -0.25) is 4.79 Å². The molecule has 2 fully saturated rings. The molecular weight excluding hydrogens is 304 g/mol. The van der Waals surface area contributed by atoms with Gasteiger partial charge in [0.2, 0.25) is 5.91 Å². The minimum atomic E-state index is -0.979. The van der Waals surface area contributed by atoms with E-state index in [-0.39, 0.29) is 17.6 Å². The van der Waals surface area contributed by atoms with Crippen LogP contribution in [0.4, 0.5) is 8.78 Å². The number of halogens is 2. The highest BCUT2D eigenvalue weighted by atomic mass is 19.1. The van der Waals surface area contributed by atoms with Gasteiger partial charge in [0.05, 0.1) is 18.1 Å². The number of morpholine rings is 1. The van der Waals surface area contributed by atoms with Crippen LogP contribution in [0.15, 0.2) is 18.2 Å². The smallest absolute Gasteiger partial charge is 0.233 e. The second-order valence-corrected chi connectivity index (χ2v) is 6.25. The van der Waals surface area contributed by atoms with Crippen LogP contribution in [0.1, 0.15) is 25.3 Å². The molecule has 2 aliphatic heterocycles. The molecule has 0 radical (unpaired) electrons. The van der Waals surface area contributed by atoms with Gasteiger partial charge in [-0.15, -0.1) is 0 Å². The highest BCUT2D eigenvalue weighted by Crippen LogP contribution is 2.38. The van der Waals surface area contributed by atoms with Gasteiger partial charge in [-0.1, -0.05) is 6.07 Å². The van der Waals surface area contributed by atoms with Gasteiger partial charge in [0.15, 0.2) is 0 Å². The van der Waals surface area contributed by atoms with Gasteiger partial charge in [-0.05, 0) is 25.8 Å². The lowest BCUT2D eigenvalue weighted by Crippen LogP contribution is -2.54. The number of benzene rings is 1. The van der Waals surface area contributed by atoms with Crippen LogP contribution in [0.25, 0.3) is 0 Å². The monoisotopic (exact) mass is 325 g/mol. The fraction of sp³-hybridized carbons (Fsp3) is 0.588. The number of rotatable bonds is 2. The van der Waals surface area contributed by atoms with E-state index in [0.29, 0.717) is 45.8 Å². The highest BCUT2D eigenvalue weighted by molar-refractivity contribution is 5.88. The quantitative estimate of drug-likeness (QED) is 0.837. The Morgan fingerprint density at radius 1 is 1.26 bits per heavy atom. The summed E-state index contributed by atoms with van der Waals surface area (Å²) in [6.45, 7) is 4.16. The lowest BCUT2D eigenvalue weighted by molar-refractivity contribution is -0.148. The van der Waals surface area contributed by atoms with E-state index in [1.54, 1.807) is 4.90 Å². The van der Waals surface area contributed by atoms with E-state index in [0.717, 1.165) is 6.07 Å². The van der Waals surface area contributed by atoms with E-state index in [1.807, 2.05) is 6.92 Å². The lowest BCUT2D eigenvalue weighted by atomic mass is 9.72. The molecule has 0 spiro atoms. The van der Waals surface area contributed by atoms with Crippen LogP contribution < -0.4 is 0 Å². The molecule has 0 saturated carbocycles. The van der Waals surface area contributed by atoms with Gasteiger partial charge in [-0.25, -0.2) is 8.78 Å². The number of carbonyl (C=O) groups is 1. The molecule has 1 aromatic carbocycles. The average Bonchev–Trinajstić information content (AvgIpc) is 2.54. The fourth-order valence-electron chi connectivity index (χ4n) is 3.50. The van der Waals surface area contributed by atoms with Crippen molar-refractivity contribution in [3.05, 3.63) is 35.4 Å². The Kier molecular flexibility index (Phi) is 4.64. The van der Waals surface area contributed by atoms with Crippen LogP contribution >= 0.6 is 0 Å². The standard InChI is InChI=1S/C17H21F2NO3/c1-12-11-20(6-9-23-12)16(21)17(4-7-22-8-5-17)14-3-2-13(18)10-15(14)19/h2-3,10,12H,4-9,11H2,1H3/t12-/m1/s1. The average molecular weight is 325 g/mol. The summed E-state index contributed by atoms with van der Waals surface area (Å²) in [4.78, 5) is 15.0. The van der Waals surface area contributed by atoms with Crippen molar-refractivity contribution in [2.45, 2.75) is 31.3 Å². The lowest BCUT2D eigenvalue weighted by Gasteiger charge is -2.42. The van der Waals surface area contributed by atoms with E-state index >= 15 is 0 Å². The maximum absolute atomic E-state index is 14.4. The maximum atomic E-state index is 14.4. The topological polar surface area (TPSA) is 38.8 Å². The van der Waals surface area contributed by atoms with Gasteiger partial charge >= 0.3 is 0 Å². The summed E-state index contributed by atoms with van der Waals surface area (Å²) in [6.07, 6.45) is 0.767. The molecule has 1 amide bonds. The number of carbonyl (C=O) groups excluding carboxylic acids is 1. The first-order valence-electron chi connectivity index (χ1n) is 7.97. The minimum absolute atomic E-state index is 0.0392. The minimum Gasteiger partial charge on any atom is -0.381 e. The number of ether oxygens (including phenoxy) is 2. The van der Waals surface area contributed by atoms with E-state index in [4.69, 9.17) is 9.47 Å². The summed E-state index contributed by atoms with van der Waals surface area (Å²) in [7, 11) is 0. The molecule has 1 atom stereocenters. The van der Waals surface area contributed by atoms with E-state index in [2.05, 4.69) is 0 Å². The first kappa shape index (κ1) is 16.3. The Labute approximate surface area is 134 Å². The molecular formula is C17H21F2NO3. The van der Waals surface area contributed by atoms with Crippen LogP contribution in [-0.2, 0) is 19.7 Å². The molecule has 0 aliphatic carbocycles. The fourth-order valence-corrected chi connectivity index (χ4v) is 3.50. The molecule has 2 saturated heterocycles. The number of hydrogen-bond acceptors (Lipinski definition) is 3. The molecule has 2 heterocycles. The van der Waals surface area contributed by atoms with Gasteiger partial charge in [0.25, 0.3) is 0 Å². The summed E-state index contributed by atoms with van der Waals surface area (Å²) in [6, 6.07) is 3.46. The van der Waals surface area contributed by atoms with Gasteiger partial charge in [-0.2, -0.15) is 0 Å². The highest BCUT2D eigenvalue weighted by Gasteiger charge is 2.46.